The maximum atomic E-state index is 9.55. The molecule has 3 N–H and O–H groups in total. The number of hydrogen-bond acceptors (Lipinski definition) is 3. The molecule has 1 aromatic rings. The third-order valence-corrected chi connectivity index (χ3v) is 4.03. The van der Waals surface area contributed by atoms with Crippen LogP contribution in [0.2, 0.25) is 0 Å². The molecular formula is C14H24O3P+. The summed E-state index contributed by atoms with van der Waals surface area (Å²) in [6, 6.07) is 5.45. The van der Waals surface area contributed by atoms with Gasteiger partial charge in [-0.2, -0.15) is 14.7 Å². The first-order valence-electron chi connectivity index (χ1n) is 6.06. The predicted molar refractivity (Wildman–Crippen MR) is 77.1 cm³/mol. The minimum absolute atomic E-state index is 0.0139. The van der Waals surface area contributed by atoms with Crippen LogP contribution >= 0.6 is 7.94 Å². The van der Waals surface area contributed by atoms with E-state index in [9.17, 15) is 14.7 Å². The molecule has 0 bridgehead atoms. The summed E-state index contributed by atoms with van der Waals surface area (Å²) in [7, 11) is -3.97. The summed E-state index contributed by atoms with van der Waals surface area (Å²) in [5, 5.41) is 0.253. The van der Waals surface area contributed by atoms with Crippen molar-refractivity contribution in [3.05, 3.63) is 29.3 Å². The summed E-state index contributed by atoms with van der Waals surface area (Å²) in [5.74, 6) is 0. The molecule has 0 saturated heterocycles. The standard InChI is InChI=1S/C14H24O3P/c1-13(2,3)10-7-8-12(18(15,16)17)11(9-10)14(4,5)6/h7-9,15-17H,1-6H3/q+1. The molecule has 3 nitrogen and oxygen atoms in total. The minimum Gasteiger partial charge on any atom is -0.189 e. The molecule has 1 aromatic carbocycles. The lowest BCUT2D eigenvalue weighted by Gasteiger charge is -2.26. The van der Waals surface area contributed by atoms with Gasteiger partial charge in [0.25, 0.3) is 0 Å². The highest BCUT2D eigenvalue weighted by molar-refractivity contribution is 7.66. The number of rotatable bonds is 1. The summed E-state index contributed by atoms with van der Waals surface area (Å²) in [6.07, 6.45) is 0. The van der Waals surface area contributed by atoms with E-state index in [1.165, 1.54) is 0 Å². The molecule has 18 heavy (non-hydrogen) atoms. The highest BCUT2D eigenvalue weighted by Gasteiger charge is 2.40. The Morgan fingerprint density at radius 2 is 1.33 bits per heavy atom. The van der Waals surface area contributed by atoms with Gasteiger partial charge in [-0.1, -0.05) is 53.7 Å². The molecular weight excluding hydrogens is 247 g/mol. The van der Waals surface area contributed by atoms with Crippen LogP contribution < -0.4 is 5.30 Å². The van der Waals surface area contributed by atoms with E-state index in [0.29, 0.717) is 0 Å². The molecule has 0 aliphatic rings. The number of hydrogen-bond donors (Lipinski definition) is 3. The molecule has 0 spiro atoms. The van der Waals surface area contributed by atoms with E-state index in [-0.39, 0.29) is 16.1 Å². The van der Waals surface area contributed by atoms with Crippen molar-refractivity contribution in [2.24, 2.45) is 0 Å². The highest BCUT2D eigenvalue weighted by atomic mass is 31.2. The van der Waals surface area contributed by atoms with E-state index in [1.54, 1.807) is 6.07 Å². The largest absolute Gasteiger partial charge is 0.441 e. The second-order valence-corrected chi connectivity index (χ2v) is 8.42. The monoisotopic (exact) mass is 271 g/mol. The second-order valence-electron chi connectivity index (χ2n) is 6.80. The van der Waals surface area contributed by atoms with Gasteiger partial charge < -0.3 is 0 Å². The molecule has 0 aromatic heterocycles. The van der Waals surface area contributed by atoms with Crippen molar-refractivity contribution in [1.82, 2.24) is 0 Å². The molecule has 0 radical (unpaired) electrons. The van der Waals surface area contributed by atoms with Crippen LogP contribution in [0, 0.1) is 0 Å². The van der Waals surface area contributed by atoms with Crippen LogP contribution in [0.3, 0.4) is 0 Å². The van der Waals surface area contributed by atoms with E-state index >= 15 is 0 Å². The molecule has 0 heterocycles. The molecule has 0 amide bonds. The Hall–Kier alpha value is -0.470. The Balaban J connectivity index is 3.50. The van der Waals surface area contributed by atoms with Gasteiger partial charge in [0.1, 0.15) is 0 Å². The van der Waals surface area contributed by atoms with Crippen molar-refractivity contribution in [1.29, 1.82) is 0 Å². The van der Waals surface area contributed by atoms with Crippen molar-refractivity contribution in [2.45, 2.75) is 52.4 Å². The highest BCUT2D eigenvalue weighted by Crippen LogP contribution is 2.46. The van der Waals surface area contributed by atoms with Crippen molar-refractivity contribution in [2.75, 3.05) is 0 Å². The fraction of sp³-hybridized carbons (Fsp3) is 0.571. The third kappa shape index (κ3) is 3.52. The van der Waals surface area contributed by atoms with Crippen LogP contribution in [0.4, 0.5) is 0 Å². The van der Waals surface area contributed by atoms with Gasteiger partial charge >= 0.3 is 7.94 Å². The maximum Gasteiger partial charge on any atom is 0.441 e. The smallest absolute Gasteiger partial charge is 0.189 e. The first-order valence-corrected chi connectivity index (χ1v) is 7.71. The van der Waals surface area contributed by atoms with E-state index in [0.717, 1.165) is 11.1 Å². The third-order valence-electron chi connectivity index (χ3n) is 2.99. The zero-order valence-corrected chi connectivity index (χ0v) is 12.9. The molecule has 0 saturated carbocycles. The summed E-state index contributed by atoms with van der Waals surface area (Å²) in [4.78, 5) is 28.6. The van der Waals surface area contributed by atoms with Gasteiger partial charge in [-0.3, -0.25) is 0 Å². The molecule has 0 aliphatic heterocycles. The van der Waals surface area contributed by atoms with Gasteiger partial charge in [0.05, 0.1) is 0 Å². The molecule has 0 atom stereocenters. The van der Waals surface area contributed by atoms with Crippen molar-refractivity contribution < 1.29 is 14.7 Å². The number of benzene rings is 1. The second kappa shape index (κ2) is 4.57. The van der Waals surface area contributed by atoms with Gasteiger partial charge in [-0.05, 0) is 22.5 Å². The molecule has 0 fully saturated rings. The average molecular weight is 271 g/mol. The Morgan fingerprint density at radius 3 is 1.67 bits per heavy atom. The Bertz CT molecular complexity index is 434. The molecule has 1 rings (SSSR count). The summed E-state index contributed by atoms with van der Waals surface area (Å²) in [5.41, 5.74) is 1.64. The fourth-order valence-electron chi connectivity index (χ4n) is 1.86. The van der Waals surface area contributed by atoms with E-state index in [4.69, 9.17) is 0 Å². The first kappa shape index (κ1) is 15.6. The van der Waals surface area contributed by atoms with E-state index in [2.05, 4.69) is 20.8 Å². The quantitative estimate of drug-likeness (QED) is 0.688. The summed E-state index contributed by atoms with van der Waals surface area (Å²) in [6.45, 7) is 12.3. The Labute approximate surface area is 110 Å². The SMILES string of the molecule is CC(C)(C)c1ccc([P+](O)(O)O)c(C(C)(C)C)c1. The first-order chi connectivity index (χ1) is 7.83. The van der Waals surface area contributed by atoms with Gasteiger partial charge in [-0.15, -0.1) is 0 Å². The lowest BCUT2D eigenvalue weighted by Crippen LogP contribution is -2.26. The van der Waals surface area contributed by atoms with E-state index < -0.39 is 7.94 Å². The van der Waals surface area contributed by atoms with Gasteiger partial charge in [-0.25, -0.2) is 0 Å². The Kier molecular flexibility index (Phi) is 3.96. The molecule has 0 unspecified atom stereocenters. The lowest BCUT2D eigenvalue weighted by atomic mass is 9.81. The van der Waals surface area contributed by atoms with Crippen LogP contribution in [-0.4, -0.2) is 14.7 Å². The van der Waals surface area contributed by atoms with Crippen LogP contribution in [0.15, 0.2) is 18.2 Å². The molecule has 102 valence electrons. The van der Waals surface area contributed by atoms with E-state index in [1.807, 2.05) is 32.9 Å². The van der Waals surface area contributed by atoms with Gasteiger partial charge in [0.2, 0.25) is 0 Å². The minimum atomic E-state index is -3.97. The van der Waals surface area contributed by atoms with Crippen molar-refractivity contribution in [3.8, 4) is 0 Å². The fourth-order valence-corrected chi connectivity index (χ4v) is 2.86. The normalized spacial score (nSPS) is 13.8. The predicted octanol–water partition coefficient (Wildman–Crippen LogP) is 2.65. The van der Waals surface area contributed by atoms with Crippen LogP contribution in [0.1, 0.15) is 52.7 Å². The van der Waals surface area contributed by atoms with Crippen LogP contribution in [0.5, 0.6) is 0 Å². The van der Waals surface area contributed by atoms with Crippen molar-refractivity contribution >= 4 is 13.2 Å². The van der Waals surface area contributed by atoms with Crippen LogP contribution in [-0.2, 0) is 10.8 Å². The lowest BCUT2D eigenvalue weighted by molar-refractivity contribution is 0.346. The average Bonchev–Trinajstić information content (AvgIpc) is 2.12. The summed E-state index contributed by atoms with van der Waals surface area (Å²) < 4.78 is 0. The molecule has 0 aliphatic carbocycles. The Morgan fingerprint density at radius 1 is 0.833 bits per heavy atom. The topological polar surface area (TPSA) is 60.7 Å². The maximum absolute atomic E-state index is 9.55. The van der Waals surface area contributed by atoms with Crippen LogP contribution in [0.25, 0.3) is 0 Å². The summed E-state index contributed by atoms with van der Waals surface area (Å²) >= 11 is 0. The zero-order chi connectivity index (χ0) is 14.4. The van der Waals surface area contributed by atoms with Gasteiger partial charge in [0, 0.05) is 5.56 Å². The van der Waals surface area contributed by atoms with Gasteiger partial charge in [0.15, 0.2) is 5.30 Å². The van der Waals surface area contributed by atoms with Crippen molar-refractivity contribution in [3.63, 3.8) is 0 Å². The molecule has 4 heteroatoms. The zero-order valence-electron chi connectivity index (χ0n) is 12.0.